The molecule has 20 heavy (non-hydrogen) atoms. The highest BCUT2D eigenvalue weighted by molar-refractivity contribution is 5.61. The van der Waals surface area contributed by atoms with Crippen molar-refractivity contribution >= 4 is 11.4 Å². The predicted molar refractivity (Wildman–Crippen MR) is 81.9 cm³/mol. The Kier molecular flexibility index (Phi) is 4.87. The van der Waals surface area contributed by atoms with Crippen LogP contribution >= 0.6 is 0 Å². The second kappa shape index (κ2) is 6.84. The molecule has 2 aromatic rings. The summed E-state index contributed by atoms with van der Waals surface area (Å²) in [5.41, 5.74) is 7.56. The number of imidazole rings is 1. The van der Waals surface area contributed by atoms with Gasteiger partial charge in [0, 0.05) is 24.1 Å². The SMILES string of the molecule is CCCOc1cc(NC(CC)c2ncc[nH]2)ccc1N. The minimum Gasteiger partial charge on any atom is -0.491 e. The fraction of sp³-hybridized carbons (Fsp3) is 0.400. The zero-order valence-corrected chi connectivity index (χ0v) is 12.0. The normalized spacial score (nSPS) is 12.1. The van der Waals surface area contributed by atoms with E-state index in [9.17, 15) is 0 Å². The van der Waals surface area contributed by atoms with E-state index in [0.717, 1.165) is 30.1 Å². The van der Waals surface area contributed by atoms with Crippen LogP contribution in [0, 0.1) is 0 Å². The van der Waals surface area contributed by atoms with Gasteiger partial charge in [-0.3, -0.25) is 0 Å². The minimum absolute atomic E-state index is 0.146. The Labute approximate surface area is 119 Å². The lowest BCUT2D eigenvalue weighted by Gasteiger charge is -2.17. The monoisotopic (exact) mass is 274 g/mol. The van der Waals surface area contributed by atoms with Crippen molar-refractivity contribution in [2.24, 2.45) is 0 Å². The molecule has 5 nitrogen and oxygen atoms in total. The molecule has 0 spiro atoms. The molecule has 108 valence electrons. The first-order chi connectivity index (χ1) is 9.74. The second-order valence-electron chi connectivity index (χ2n) is 4.68. The van der Waals surface area contributed by atoms with Crippen LogP contribution in [0.15, 0.2) is 30.6 Å². The molecule has 0 radical (unpaired) electrons. The van der Waals surface area contributed by atoms with Gasteiger partial charge < -0.3 is 20.8 Å². The third kappa shape index (κ3) is 3.44. The van der Waals surface area contributed by atoms with Crippen molar-refractivity contribution in [3.63, 3.8) is 0 Å². The summed E-state index contributed by atoms with van der Waals surface area (Å²) in [7, 11) is 0. The number of H-pyrrole nitrogens is 1. The molecule has 0 fully saturated rings. The standard InChI is InChI=1S/C15H22N4O/c1-3-9-20-14-10-11(5-6-12(14)16)19-13(4-2)15-17-7-8-18-15/h5-8,10,13,19H,3-4,9,16H2,1-2H3,(H,17,18). The molecule has 0 bridgehead atoms. The maximum absolute atomic E-state index is 5.92. The number of nitrogens with zero attached hydrogens (tertiary/aromatic N) is 1. The van der Waals surface area contributed by atoms with Crippen molar-refractivity contribution in [1.29, 1.82) is 0 Å². The van der Waals surface area contributed by atoms with E-state index in [1.807, 2.05) is 24.4 Å². The Bertz CT molecular complexity index is 525. The zero-order valence-electron chi connectivity index (χ0n) is 12.0. The highest BCUT2D eigenvalue weighted by atomic mass is 16.5. The number of hydrogen-bond acceptors (Lipinski definition) is 4. The highest BCUT2D eigenvalue weighted by Crippen LogP contribution is 2.28. The summed E-state index contributed by atoms with van der Waals surface area (Å²) < 4.78 is 5.64. The Morgan fingerprint density at radius 3 is 2.90 bits per heavy atom. The molecule has 1 aromatic carbocycles. The third-order valence-corrected chi connectivity index (χ3v) is 3.07. The Morgan fingerprint density at radius 2 is 2.25 bits per heavy atom. The quantitative estimate of drug-likeness (QED) is 0.677. The lowest BCUT2D eigenvalue weighted by atomic mass is 10.2. The van der Waals surface area contributed by atoms with E-state index in [2.05, 4.69) is 29.1 Å². The first-order valence-electron chi connectivity index (χ1n) is 7.02. The Balaban J connectivity index is 2.12. The largest absolute Gasteiger partial charge is 0.491 e. The van der Waals surface area contributed by atoms with Crippen LogP contribution in [0.5, 0.6) is 5.75 Å². The van der Waals surface area contributed by atoms with Crippen LogP contribution in [0.3, 0.4) is 0 Å². The van der Waals surface area contributed by atoms with E-state index < -0.39 is 0 Å². The van der Waals surface area contributed by atoms with E-state index in [0.29, 0.717) is 12.3 Å². The lowest BCUT2D eigenvalue weighted by molar-refractivity contribution is 0.319. The van der Waals surface area contributed by atoms with Crippen molar-refractivity contribution in [3.05, 3.63) is 36.4 Å². The van der Waals surface area contributed by atoms with Crippen LogP contribution in [0.1, 0.15) is 38.6 Å². The first kappa shape index (κ1) is 14.2. The maximum atomic E-state index is 5.92. The van der Waals surface area contributed by atoms with Crippen molar-refractivity contribution in [1.82, 2.24) is 9.97 Å². The number of nitrogens with two attached hydrogens (primary N) is 1. The summed E-state index contributed by atoms with van der Waals surface area (Å²) in [6.45, 7) is 4.86. The number of hydrogen-bond donors (Lipinski definition) is 3. The molecule has 0 aliphatic rings. The van der Waals surface area contributed by atoms with Gasteiger partial charge in [0.2, 0.25) is 0 Å². The average Bonchev–Trinajstić information content (AvgIpc) is 2.99. The maximum Gasteiger partial charge on any atom is 0.144 e. The first-order valence-corrected chi connectivity index (χ1v) is 7.02. The molecule has 0 saturated heterocycles. The fourth-order valence-corrected chi connectivity index (χ4v) is 1.99. The van der Waals surface area contributed by atoms with Gasteiger partial charge in [-0.25, -0.2) is 4.98 Å². The minimum atomic E-state index is 0.146. The number of aromatic amines is 1. The molecule has 1 heterocycles. The number of nitrogen functional groups attached to an aromatic ring is 1. The number of aromatic nitrogens is 2. The van der Waals surface area contributed by atoms with Crippen molar-refractivity contribution in [2.75, 3.05) is 17.7 Å². The topological polar surface area (TPSA) is 76.0 Å². The average molecular weight is 274 g/mol. The zero-order chi connectivity index (χ0) is 14.4. The summed E-state index contributed by atoms with van der Waals surface area (Å²) in [6, 6.07) is 5.91. The van der Waals surface area contributed by atoms with Gasteiger partial charge in [0.25, 0.3) is 0 Å². The molecule has 0 saturated carbocycles. The van der Waals surface area contributed by atoms with Crippen molar-refractivity contribution in [2.45, 2.75) is 32.7 Å². The molecule has 5 heteroatoms. The molecule has 0 aliphatic heterocycles. The van der Waals surface area contributed by atoms with Crippen LogP contribution in [0.4, 0.5) is 11.4 Å². The molecule has 1 atom stereocenters. The predicted octanol–water partition coefficient (Wildman–Crippen LogP) is 3.34. The van der Waals surface area contributed by atoms with Crippen LogP contribution in [-0.2, 0) is 0 Å². The molecular weight excluding hydrogens is 252 g/mol. The summed E-state index contributed by atoms with van der Waals surface area (Å²) in [5.74, 6) is 1.66. The third-order valence-electron chi connectivity index (χ3n) is 3.07. The second-order valence-corrected chi connectivity index (χ2v) is 4.68. The fourth-order valence-electron chi connectivity index (χ4n) is 1.99. The molecule has 0 amide bonds. The molecule has 0 aliphatic carbocycles. The van der Waals surface area contributed by atoms with Gasteiger partial charge >= 0.3 is 0 Å². The summed E-state index contributed by atoms with van der Waals surface area (Å²) in [6.07, 6.45) is 5.49. The van der Waals surface area contributed by atoms with Gasteiger partial charge in [0.15, 0.2) is 0 Å². The van der Waals surface area contributed by atoms with E-state index in [4.69, 9.17) is 10.5 Å². The molecule has 1 unspecified atom stereocenters. The smallest absolute Gasteiger partial charge is 0.144 e. The number of nitrogens with one attached hydrogen (secondary N) is 2. The van der Waals surface area contributed by atoms with Crippen LogP contribution in [0.25, 0.3) is 0 Å². The van der Waals surface area contributed by atoms with Crippen molar-refractivity contribution in [3.8, 4) is 5.75 Å². The van der Waals surface area contributed by atoms with Gasteiger partial charge in [-0.15, -0.1) is 0 Å². The van der Waals surface area contributed by atoms with Gasteiger partial charge in [-0.2, -0.15) is 0 Å². The van der Waals surface area contributed by atoms with E-state index in [-0.39, 0.29) is 6.04 Å². The summed E-state index contributed by atoms with van der Waals surface area (Å²) >= 11 is 0. The van der Waals surface area contributed by atoms with Crippen LogP contribution in [-0.4, -0.2) is 16.6 Å². The number of rotatable bonds is 7. The number of ether oxygens (including phenoxy) is 1. The van der Waals surface area contributed by atoms with Crippen LogP contribution in [0.2, 0.25) is 0 Å². The molecular formula is C15H22N4O. The number of anilines is 2. The van der Waals surface area contributed by atoms with E-state index in [1.54, 1.807) is 6.20 Å². The lowest BCUT2D eigenvalue weighted by Crippen LogP contribution is -2.11. The van der Waals surface area contributed by atoms with Crippen LogP contribution < -0.4 is 15.8 Å². The summed E-state index contributed by atoms with van der Waals surface area (Å²) in [5, 5.41) is 3.45. The van der Waals surface area contributed by atoms with Gasteiger partial charge in [-0.1, -0.05) is 13.8 Å². The number of benzene rings is 1. The van der Waals surface area contributed by atoms with Crippen molar-refractivity contribution < 1.29 is 4.74 Å². The highest BCUT2D eigenvalue weighted by Gasteiger charge is 2.12. The van der Waals surface area contributed by atoms with E-state index in [1.165, 1.54) is 0 Å². The van der Waals surface area contributed by atoms with Gasteiger partial charge in [0.05, 0.1) is 18.3 Å². The van der Waals surface area contributed by atoms with Gasteiger partial charge in [-0.05, 0) is 25.0 Å². The van der Waals surface area contributed by atoms with E-state index >= 15 is 0 Å². The van der Waals surface area contributed by atoms with Gasteiger partial charge in [0.1, 0.15) is 11.6 Å². The molecule has 2 rings (SSSR count). The molecule has 4 N–H and O–H groups in total. The Hall–Kier alpha value is -2.17. The summed E-state index contributed by atoms with van der Waals surface area (Å²) in [4.78, 5) is 7.44. The Morgan fingerprint density at radius 1 is 1.40 bits per heavy atom. The molecule has 1 aromatic heterocycles.